The van der Waals surface area contributed by atoms with Crippen molar-refractivity contribution in [2.24, 2.45) is 0 Å². The zero-order valence-corrected chi connectivity index (χ0v) is 7.01. The number of nitro groups is 1. The summed E-state index contributed by atoms with van der Waals surface area (Å²) in [5.74, 6) is 0. The Kier molecular flexibility index (Phi) is 3.33. The second kappa shape index (κ2) is 4.51. The fourth-order valence-corrected chi connectivity index (χ4v) is 0.933. The van der Waals surface area contributed by atoms with Gasteiger partial charge in [-0.15, -0.1) is 0 Å². The summed E-state index contributed by atoms with van der Waals surface area (Å²) in [6, 6.07) is 3.02. The topological polar surface area (TPSA) is 76.3 Å². The minimum absolute atomic E-state index is 0.00671. The molecule has 1 aromatic heterocycles. The lowest BCUT2D eigenvalue weighted by molar-refractivity contribution is -0.385. The van der Waals surface area contributed by atoms with E-state index in [4.69, 9.17) is 5.11 Å². The first-order valence-electron chi connectivity index (χ1n) is 3.94. The average Bonchev–Trinajstić information content (AvgIpc) is 2.15. The molecule has 1 aromatic rings. The number of aliphatic hydroxyl groups excluding tert-OH is 1. The highest BCUT2D eigenvalue weighted by Crippen LogP contribution is 2.09. The SMILES string of the molecule is O=[N+]([O-])c1ccc(CCCO)nc1. The molecule has 0 saturated carbocycles. The first-order chi connectivity index (χ1) is 6.24. The minimum atomic E-state index is -0.483. The molecule has 70 valence electrons. The van der Waals surface area contributed by atoms with Gasteiger partial charge in [0.1, 0.15) is 6.20 Å². The molecule has 0 atom stereocenters. The van der Waals surface area contributed by atoms with Crippen LogP contribution in [0, 0.1) is 10.1 Å². The van der Waals surface area contributed by atoms with E-state index < -0.39 is 4.92 Å². The summed E-state index contributed by atoms with van der Waals surface area (Å²) in [5, 5.41) is 18.8. The fourth-order valence-electron chi connectivity index (χ4n) is 0.933. The number of hydrogen-bond donors (Lipinski definition) is 1. The molecular weight excluding hydrogens is 172 g/mol. The summed E-state index contributed by atoms with van der Waals surface area (Å²) in [7, 11) is 0. The molecule has 0 bridgehead atoms. The smallest absolute Gasteiger partial charge is 0.287 e. The van der Waals surface area contributed by atoms with Crippen LogP contribution in [-0.4, -0.2) is 21.6 Å². The Hall–Kier alpha value is -1.49. The number of aryl methyl sites for hydroxylation is 1. The Morgan fingerprint density at radius 3 is 2.77 bits per heavy atom. The molecule has 0 fully saturated rings. The van der Waals surface area contributed by atoms with Crippen molar-refractivity contribution in [2.45, 2.75) is 12.8 Å². The summed E-state index contributed by atoms with van der Waals surface area (Å²) in [6.45, 7) is 0.110. The normalized spacial score (nSPS) is 9.92. The van der Waals surface area contributed by atoms with Gasteiger partial charge in [0.05, 0.1) is 4.92 Å². The van der Waals surface area contributed by atoms with Crippen LogP contribution in [0.1, 0.15) is 12.1 Å². The molecule has 0 aromatic carbocycles. The summed E-state index contributed by atoms with van der Waals surface area (Å²) in [6.07, 6.45) is 2.51. The van der Waals surface area contributed by atoms with Gasteiger partial charge in [0.25, 0.3) is 5.69 Å². The quantitative estimate of drug-likeness (QED) is 0.554. The van der Waals surface area contributed by atoms with Crippen molar-refractivity contribution >= 4 is 5.69 Å². The van der Waals surface area contributed by atoms with Crippen molar-refractivity contribution < 1.29 is 10.0 Å². The van der Waals surface area contributed by atoms with E-state index in [-0.39, 0.29) is 12.3 Å². The summed E-state index contributed by atoms with van der Waals surface area (Å²) in [5.41, 5.74) is 0.757. The zero-order valence-electron chi connectivity index (χ0n) is 7.01. The van der Waals surface area contributed by atoms with Crippen molar-refractivity contribution in [2.75, 3.05) is 6.61 Å². The van der Waals surface area contributed by atoms with E-state index in [0.717, 1.165) is 5.69 Å². The van der Waals surface area contributed by atoms with Crippen molar-refractivity contribution in [3.8, 4) is 0 Å². The minimum Gasteiger partial charge on any atom is -0.396 e. The van der Waals surface area contributed by atoms with Gasteiger partial charge >= 0.3 is 0 Å². The molecule has 13 heavy (non-hydrogen) atoms. The van der Waals surface area contributed by atoms with Crippen LogP contribution in [0.3, 0.4) is 0 Å². The van der Waals surface area contributed by atoms with Crippen molar-refractivity contribution in [3.05, 3.63) is 34.1 Å². The van der Waals surface area contributed by atoms with E-state index in [9.17, 15) is 10.1 Å². The Bertz CT molecular complexity index is 284. The predicted octanol–water partition coefficient (Wildman–Crippen LogP) is 0.915. The summed E-state index contributed by atoms with van der Waals surface area (Å²) >= 11 is 0. The molecule has 0 saturated heterocycles. The first-order valence-corrected chi connectivity index (χ1v) is 3.94. The Balaban J connectivity index is 2.64. The highest BCUT2D eigenvalue weighted by Gasteiger charge is 2.04. The zero-order chi connectivity index (χ0) is 9.68. The number of pyridine rings is 1. The van der Waals surface area contributed by atoms with Crippen molar-refractivity contribution in [3.63, 3.8) is 0 Å². The van der Waals surface area contributed by atoms with Crippen LogP contribution in [0.5, 0.6) is 0 Å². The van der Waals surface area contributed by atoms with Gasteiger partial charge in [-0.3, -0.25) is 15.1 Å². The molecule has 1 rings (SSSR count). The van der Waals surface area contributed by atoms with Crippen molar-refractivity contribution in [1.82, 2.24) is 4.98 Å². The van der Waals surface area contributed by atoms with Crippen LogP contribution in [-0.2, 0) is 6.42 Å². The second-order valence-corrected chi connectivity index (χ2v) is 2.59. The molecule has 0 aliphatic heterocycles. The highest BCUT2D eigenvalue weighted by atomic mass is 16.6. The summed E-state index contributed by atoms with van der Waals surface area (Å²) in [4.78, 5) is 13.7. The first kappa shape index (κ1) is 9.60. The van der Waals surface area contributed by atoms with Gasteiger partial charge in [0.15, 0.2) is 0 Å². The van der Waals surface area contributed by atoms with Crippen LogP contribution in [0.15, 0.2) is 18.3 Å². The maximum Gasteiger partial charge on any atom is 0.287 e. The van der Waals surface area contributed by atoms with E-state index in [2.05, 4.69) is 4.98 Å². The van der Waals surface area contributed by atoms with Crippen LogP contribution in [0.2, 0.25) is 0 Å². The van der Waals surface area contributed by atoms with Gasteiger partial charge in [0.2, 0.25) is 0 Å². The average molecular weight is 182 g/mol. The number of rotatable bonds is 4. The van der Waals surface area contributed by atoms with Crippen LogP contribution in [0.25, 0.3) is 0 Å². The standard InChI is InChI=1S/C8H10N2O3/c11-5-1-2-7-3-4-8(6-9-7)10(12)13/h3-4,6,11H,1-2,5H2. The maximum absolute atomic E-state index is 10.3. The molecule has 0 aliphatic carbocycles. The molecular formula is C8H10N2O3. The monoisotopic (exact) mass is 182 g/mol. The van der Waals surface area contributed by atoms with Gasteiger partial charge < -0.3 is 5.11 Å². The van der Waals surface area contributed by atoms with Gasteiger partial charge in [-0.25, -0.2) is 0 Å². The predicted molar refractivity (Wildman–Crippen MR) is 46.3 cm³/mol. The molecule has 1 N–H and O–H groups in total. The van der Waals surface area contributed by atoms with Crippen LogP contribution >= 0.6 is 0 Å². The number of aromatic nitrogens is 1. The summed E-state index contributed by atoms with van der Waals surface area (Å²) < 4.78 is 0. The maximum atomic E-state index is 10.3. The van der Waals surface area contributed by atoms with E-state index in [0.29, 0.717) is 12.8 Å². The van der Waals surface area contributed by atoms with E-state index in [1.54, 1.807) is 6.07 Å². The van der Waals surface area contributed by atoms with E-state index in [1.807, 2.05) is 0 Å². The van der Waals surface area contributed by atoms with E-state index >= 15 is 0 Å². The van der Waals surface area contributed by atoms with Gasteiger partial charge in [-0.05, 0) is 18.9 Å². The van der Waals surface area contributed by atoms with Crippen LogP contribution < -0.4 is 0 Å². The number of nitrogens with zero attached hydrogens (tertiary/aromatic N) is 2. The third-order valence-corrected chi connectivity index (χ3v) is 1.61. The Morgan fingerprint density at radius 1 is 1.54 bits per heavy atom. The number of hydrogen-bond acceptors (Lipinski definition) is 4. The van der Waals surface area contributed by atoms with Gasteiger partial charge in [0, 0.05) is 18.4 Å². The molecule has 5 heteroatoms. The molecule has 0 radical (unpaired) electrons. The lowest BCUT2D eigenvalue weighted by Gasteiger charge is -1.96. The lowest BCUT2D eigenvalue weighted by atomic mass is 10.2. The fraction of sp³-hybridized carbons (Fsp3) is 0.375. The van der Waals surface area contributed by atoms with Crippen molar-refractivity contribution in [1.29, 1.82) is 0 Å². The Labute approximate surface area is 75.2 Å². The lowest BCUT2D eigenvalue weighted by Crippen LogP contribution is -1.94. The second-order valence-electron chi connectivity index (χ2n) is 2.59. The molecule has 0 spiro atoms. The number of aliphatic hydroxyl groups is 1. The molecule has 0 unspecified atom stereocenters. The largest absolute Gasteiger partial charge is 0.396 e. The van der Waals surface area contributed by atoms with E-state index in [1.165, 1.54) is 12.3 Å². The molecule has 0 amide bonds. The van der Waals surface area contributed by atoms with Gasteiger partial charge in [-0.1, -0.05) is 0 Å². The molecule has 1 heterocycles. The molecule has 0 aliphatic rings. The van der Waals surface area contributed by atoms with Gasteiger partial charge in [-0.2, -0.15) is 0 Å². The third-order valence-electron chi connectivity index (χ3n) is 1.61. The highest BCUT2D eigenvalue weighted by molar-refractivity contribution is 5.26. The Morgan fingerprint density at radius 2 is 2.31 bits per heavy atom. The van der Waals surface area contributed by atoms with Crippen LogP contribution in [0.4, 0.5) is 5.69 Å². The third kappa shape index (κ3) is 2.79. The molecule has 5 nitrogen and oxygen atoms in total.